The molecule has 240 valence electrons. The quantitative estimate of drug-likeness (QED) is 0.0897. The Balaban J connectivity index is 0.000000179. The van der Waals surface area contributed by atoms with Crippen molar-refractivity contribution < 1.29 is 27.4 Å². The maximum Gasteiger partial charge on any atom is 0.314 e. The Morgan fingerprint density at radius 2 is 0.889 bits per heavy atom. The maximum atomic E-state index is 10.7. The minimum absolute atomic E-state index is 0.144. The van der Waals surface area contributed by atoms with Crippen LogP contribution in [0, 0.1) is 20.2 Å². The van der Waals surface area contributed by atoms with E-state index in [0.29, 0.717) is 0 Å². The van der Waals surface area contributed by atoms with Gasteiger partial charge in [0.1, 0.15) is 26.2 Å². The zero-order valence-corrected chi connectivity index (χ0v) is 28.0. The molecule has 2 aliphatic heterocycles. The molecule has 4 aromatic rings. The maximum absolute atomic E-state index is 10.7. The summed E-state index contributed by atoms with van der Waals surface area (Å²) in [4.78, 5) is 23.0. The molecule has 2 saturated heterocycles. The monoisotopic (exact) mass is 710 g/mol. The van der Waals surface area contributed by atoms with Crippen LogP contribution in [0.1, 0.15) is 38.5 Å². The highest BCUT2D eigenvalue weighted by Gasteiger charge is 2.16. The van der Waals surface area contributed by atoms with E-state index in [0.717, 1.165) is 37.3 Å². The van der Waals surface area contributed by atoms with E-state index in [1.165, 1.54) is 56.2 Å². The number of non-ortho nitro benzene ring substituents is 2. The molecule has 0 N–H and O–H groups in total. The second-order valence-electron chi connectivity index (χ2n) is 10.0. The van der Waals surface area contributed by atoms with Crippen molar-refractivity contribution in [2.24, 2.45) is 0 Å². The molecule has 0 spiro atoms. The van der Waals surface area contributed by atoms with Crippen molar-refractivity contribution in [3.63, 3.8) is 0 Å². The number of nitrogens with zero attached hydrogens (tertiary/aromatic N) is 4. The summed E-state index contributed by atoms with van der Waals surface area (Å²) in [5, 5.41) is 25.6. The highest BCUT2D eigenvalue weighted by Crippen LogP contribution is 2.27. The Hall–Kier alpha value is -3.19. The van der Waals surface area contributed by atoms with Crippen LogP contribution in [0.2, 0.25) is 0 Å². The van der Waals surface area contributed by atoms with Gasteiger partial charge in [-0.3, -0.25) is 28.6 Å². The highest BCUT2D eigenvalue weighted by molar-refractivity contribution is 7.79. The molecule has 2 aliphatic rings. The molecule has 0 saturated carbocycles. The van der Waals surface area contributed by atoms with Crippen LogP contribution in [0.3, 0.4) is 0 Å². The van der Waals surface area contributed by atoms with Gasteiger partial charge in [-0.15, -0.1) is 0 Å². The molecule has 2 aromatic heterocycles. The van der Waals surface area contributed by atoms with E-state index in [-0.39, 0.29) is 21.2 Å². The predicted molar refractivity (Wildman–Crippen MR) is 177 cm³/mol. The molecule has 0 amide bonds. The van der Waals surface area contributed by atoms with Crippen molar-refractivity contribution in [1.82, 2.24) is 9.15 Å². The third-order valence-corrected chi connectivity index (χ3v) is 11.9. The van der Waals surface area contributed by atoms with Crippen LogP contribution in [0.4, 0.5) is 11.4 Å². The molecule has 2 fully saturated rings. The van der Waals surface area contributed by atoms with E-state index < -0.39 is 10.4 Å². The summed E-state index contributed by atoms with van der Waals surface area (Å²) in [7, 11) is -5.17. The standard InChI is InChI=1S/2C14H15N2O2S2.H2O4S/c2*17-16(18)12-6-4-11(5-7-12)13-10-19-14(20-13)15-8-2-1-3-9-15;1-5(2,3)4/h2*4-7,10H,1-3,8-9H2;(H2,1,2,3,4)/q2*+1;/p-2. The van der Waals surface area contributed by atoms with E-state index >= 15 is 0 Å². The van der Waals surface area contributed by atoms with Gasteiger partial charge in [-0.25, -0.2) is 9.15 Å². The average molecular weight is 711 g/mol. The smallest absolute Gasteiger partial charge is 0.314 e. The van der Waals surface area contributed by atoms with Gasteiger partial charge in [-0.1, -0.05) is 45.3 Å². The summed E-state index contributed by atoms with van der Waals surface area (Å²) < 4.78 is 41.7. The van der Waals surface area contributed by atoms with E-state index in [4.69, 9.17) is 17.5 Å². The Morgan fingerprint density at radius 1 is 0.578 bits per heavy atom. The fourth-order valence-electron chi connectivity index (χ4n) is 4.67. The summed E-state index contributed by atoms with van der Waals surface area (Å²) in [6.45, 7) is 4.60. The fourth-order valence-corrected chi connectivity index (χ4v) is 9.42. The van der Waals surface area contributed by atoms with Crippen molar-refractivity contribution >= 4 is 67.1 Å². The molecule has 0 unspecified atom stereocenters. The summed E-state index contributed by atoms with van der Waals surface area (Å²) in [5.41, 5.74) is 2.40. The minimum Gasteiger partial charge on any atom is -0.759 e. The summed E-state index contributed by atoms with van der Waals surface area (Å²) in [5.74, 6) is 0. The van der Waals surface area contributed by atoms with E-state index in [2.05, 4.69) is 19.9 Å². The first kappa shape index (κ1) is 34.7. The Kier molecular flexibility index (Phi) is 12.6. The topological polar surface area (TPSA) is 173 Å². The molecule has 12 nitrogen and oxygen atoms in total. The van der Waals surface area contributed by atoms with Crippen molar-refractivity contribution in [1.29, 1.82) is 0 Å². The normalized spacial score (nSPS) is 14.9. The summed E-state index contributed by atoms with van der Waals surface area (Å²) in [6.07, 6.45) is 7.77. The second kappa shape index (κ2) is 16.4. The SMILES string of the molecule is O=S(=O)([O-])[O-].O=[N+]([O-])c1ccc(-c2csc(=[N+]3CCCCC3)s2)cc1.O=[N+]([O-])c1ccc(-c2csc(=[N+]3CCCCC3)s2)cc1. The molecule has 0 radical (unpaired) electrons. The average Bonchev–Trinajstić information content (AvgIpc) is 3.73. The molecule has 0 bridgehead atoms. The van der Waals surface area contributed by atoms with Gasteiger partial charge in [0.15, 0.2) is 0 Å². The van der Waals surface area contributed by atoms with Gasteiger partial charge in [0.05, 0.1) is 19.6 Å². The van der Waals surface area contributed by atoms with E-state index in [1.54, 1.807) is 69.6 Å². The molecule has 0 atom stereocenters. The Bertz CT molecular complexity index is 1710. The van der Waals surface area contributed by atoms with Crippen LogP contribution < -0.4 is 17.1 Å². The van der Waals surface area contributed by atoms with Gasteiger partial charge < -0.3 is 9.11 Å². The van der Waals surface area contributed by atoms with Crippen LogP contribution >= 0.6 is 45.3 Å². The fraction of sp³-hybridized carbons (Fsp3) is 0.357. The number of benzene rings is 2. The van der Waals surface area contributed by atoms with Crippen molar-refractivity contribution in [3.8, 4) is 20.9 Å². The lowest BCUT2D eigenvalue weighted by Gasteiger charge is -2.07. The first-order valence-electron chi connectivity index (χ1n) is 14.0. The lowest BCUT2D eigenvalue weighted by Crippen LogP contribution is -2.31. The first-order chi connectivity index (χ1) is 21.5. The molecular formula is C28H30N4O8S5. The van der Waals surface area contributed by atoms with E-state index in [1.807, 2.05) is 24.3 Å². The largest absolute Gasteiger partial charge is 0.759 e. The predicted octanol–water partition coefficient (Wildman–Crippen LogP) is 5.34. The number of nitro benzene ring substituents is 2. The molecule has 0 aliphatic carbocycles. The third kappa shape index (κ3) is 11.0. The van der Waals surface area contributed by atoms with Crippen molar-refractivity contribution in [2.75, 3.05) is 26.2 Å². The van der Waals surface area contributed by atoms with Crippen LogP contribution in [0.25, 0.3) is 20.9 Å². The minimum atomic E-state index is -5.17. The van der Waals surface area contributed by atoms with Gasteiger partial charge >= 0.3 is 7.97 Å². The number of rotatable bonds is 4. The first-order valence-corrected chi connectivity index (χ1v) is 18.7. The molecule has 6 rings (SSSR count). The lowest BCUT2D eigenvalue weighted by molar-refractivity contribution is -0.385. The van der Waals surface area contributed by atoms with Crippen LogP contribution in [0.5, 0.6) is 0 Å². The van der Waals surface area contributed by atoms with E-state index in [9.17, 15) is 20.2 Å². The van der Waals surface area contributed by atoms with Crippen LogP contribution in [-0.2, 0) is 10.4 Å². The third-order valence-electron chi connectivity index (χ3n) is 6.88. The number of hydrogen-bond donors (Lipinski definition) is 0. The molecule has 45 heavy (non-hydrogen) atoms. The zero-order chi connectivity index (χ0) is 32.4. The van der Waals surface area contributed by atoms with Gasteiger partial charge in [-0.05, 0) is 48.2 Å². The van der Waals surface area contributed by atoms with Gasteiger partial charge in [-0.2, -0.15) is 0 Å². The number of nitro groups is 2. The number of piperidine rings is 2. The Labute approximate surface area is 275 Å². The van der Waals surface area contributed by atoms with Gasteiger partial charge in [0, 0.05) is 71.1 Å². The van der Waals surface area contributed by atoms with Gasteiger partial charge in [0.2, 0.25) is 0 Å². The number of hydrogen-bond acceptors (Lipinski definition) is 12. The summed E-state index contributed by atoms with van der Waals surface area (Å²) in [6, 6.07) is 13.6. The van der Waals surface area contributed by atoms with Crippen molar-refractivity contribution in [2.45, 2.75) is 38.5 Å². The van der Waals surface area contributed by atoms with Crippen LogP contribution in [-0.4, -0.2) is 53.5 Å². The molecule has 17 heteroatoms. The molecule has 4 heterocycles. The zero-order valence-electron chi connectivity index (χ0n) is 23.9. The lowest BCUT2D eigenvalue weighted by atomic mass is 10.2. The van der Waals surface area contributed by atoms with Crippen LogP contribution in [0.15, 0.2) is 59.3 Å². The van der Waals surface area contributed by atoms with Gasteiger partial charge in [0.25, 0.3) is 11.4 Å². The molecule has 2 aromatic carbocycles. The summed E-state index contributed by atoms with van der Waals surface area (Å²) >= 11 is 7.11. The highest BCUT2D eigenvalue weighted by atomic mass is 32.3. The second-order valence-corrected chi connectivity index (χ2v) is 15.2. The molecular weight excluding hydrogens is 681 g/mol. The van der Waals surface area contributed by atoms with Crippen molar-refractivity contribution in [3.05, 3.63) is 87.5 Å². The Morgan fingerprint density at radius 3 is 1.18 bits per heavy atom.